The number of pyridine rings is 1. The molecule has 2 saturated heterocycles. The number of amidine groups is 1. The van der Waals surface area contributed by atoms with Gasteiger partial charge >= 0.3 is 6.18 Å². The molecule has 5 heterocycles. The van der Waals surface area contributed by atoms with Gasteiger partial charge in [0.05, 0.1) is 24.6 Å². The van der Waals surface area contributed by atoms with Gasteiger partial charge in [-0.3, -0.25) is 14.6 Å². The number of aliphatic imine (C=N–C) groups is 2. The van der Waals surface area contributed by atoms with Crippen LogP contribution < -0.4 is 15.9 Å². The summed E-state index contributed by atoms with van der Waals surface area (Å²) in [5, 5.41) is 2.41. The average Bonchev–Trinajstić information content (AvgIpc) is 3.53. The lowest BCUT2D eigenvalue weighted by molar-refractivity contribution is -0.750. The Hall–Kier alpha value is -4.80. The van der Waals surface area contributed by atoms with Crippen molar-refractivity contribution >= 4 is 29.7 Å². The maximum absolute atomic E-state index is 13.2. The highest BCUT2D eigenvalue weighted by Gasteiger charge is 2.48. The lowest BCUT2D eigenvalue weighted by Crippen LogP contribution is -2.53. The molecule has 10 nitrogen and oxygen atoms in total. The summed E-state index contributed by atoms with van der Waals surface area (Å²) >= 11 is 0. The number of anilines is 1. The molecular weight excluding hydrogens is 575 g/mol. The van der Waals surface area contributed by atoms with Crippen LogP contribution in [0.1, 0.15) is 53.6 Å². The van der Waals surface area contributed by atoms with Crippen LogP contribution in [0.2, 0.25) is 0 Å². The molecule has 2 aromatic rings. The van der Waals surface area contributed by atoms with Crippen LogP contribution in [0.25, 0.3) is 0 Å². The van der Waals surface area contributed by atoms with Gasteiger partial charge in [0.15, 0.2) is 0 Å². The molecule has 0 aliphatic carbocycles. The Labute approximate surface area is 251 Å². The van der Waals surface area contributed by atoms with Gasteiger partial charge in [0.1, 0.15) is 29.0 Å². The van der Waals surface area contributed by atoms with Crippen molar-refractivity contribution < 1.29 is 32.1 Å². The molecule has 1 aromatic heterocycles. The molecule has 0 saturated carbocycles. The van der Waals surface area contributed by atoms with Crippen LogP contribution in [0, 0.1) is 18.3 Å². The first-order chi connectivity index (χ1) is 21.1. The number of alkyl halides is 3. The number of carbonyl (C=O) groups excluding carboxylic acids is 2. The maximum Gasteiger partial charge on any atom is 0.416 e. The zero-order valence-electron chi connectivity index (χ0n) is 23.6. The molecular formula is C31H29F3N7O3+. The zero-order chi connectivity index (χ0) is 31.1. The van der Waals surface area contributed by atoms with Crippen LogP contribution in [0.5, 0.6) is 5.75 Å². The molecule has 3 atom stereocenters. The van der Waals surface area contributed by atoms with Gasteiger partial charge in [0, 0.05) is 43.1 Å². The third-order valence-electron chi connectivity index (χ3n) is 8.24. The molecule has 1 aromatic carbocycles. The summed E-state index contributed by atoms with van der Waals surface area (Å²) < 4.78 is 45.2. The van der Waals surface area contributed by atoms with Gasteiger partial charge in [0.2, 0.25) is 11.6 Å². The average molecular weight is 605 g/mol. The van der Waals surface area contributed by atoms with Crippen molar-refractivity contribution in [3.8, 4) is 18.1 Å². The molecule has 44 heavy (non-hydrogen) atoms. The summed E-state index contributed by atoms with van der Waals surface area (Å²) in [5.74, 6) is 9.33. The Balaban J connectivity index is 1.33. The van der Waals surface area contributed by atoms with Gasteiger partial charge in [-0.1, -0.05) is 0 Å². The van der Waals surface area contributed by atoms with E-state index in [1.54, 1.807) is 24.7 Å². The van der Waals surface area contributed by atoms with E-state index < -0.39 is 17.6 Å². The number of hydrogen-bond donors (Lipinski definition) is 2. The predicted octanol–water partition coefficient (Wildman–Crippen LogP) is 4.37. The van der Waals surface area contributed by atoms with Gasteiger partial charge in [-0.25, -0.2) is 4.98 Å². The number of nitrogens with one attached hydrogen (secondary N) is 1. The normalized spacial score (nSPS) is 24.1. The molecule has 3 N–H and O–H groups in total. The Morgan fingerprint density at radius 2 is 2.07 bits per heavy atom. The van der Waals surface area contributed by atoms with Gasteiger partial charge in [-0.2, -0.15) is 24.0 Å². The summed E-state index contributed by atoms with van der Waals surface area (Å²) in [6.45, 7) is 0.679. The maximum atomic E-state index is 13.2. The highest BCUT2D eigenvalue weighted by atomic mass is 19.4. The number of fused-ring (bicyclic) bond motifs is 2. The fourth-order valence-corrected chi connectivity index (χ4v) is 6.03. The second-order valence-electron chi connectivity index (χ2n) is 11.0. The number of quaternary nitrogens is 1. The zero-order valence-corrected chi connectivity index (χ0v) is 23.6. The first kappa shape index (κ1) is 29.3. The molecule has 0 spiro atoms. The molecule has 6 rings (SSSR count). The van der Waals surface area contributed by atoms with Crippen molar-refractivity contribution in [2.45, 2.75) is 44.3 Å². The first-order valence-electron chi connectivity index (χ1n) is 14.2. The number of amides is 2. The summed E-state index contributed by atoms with van der Waals surface area (Å²) in [6.07, 6.45) is 10.2. The number of nitrogens with two attached hydrogens (primary N) is 1. The summed E-state index contributed by atoms with van der Waals surface area (Å²) in [6, 6.07) is 6.44. The number of hydrogen-bond acceptors (Lipinski definition) is 7. The van der Waals surface area contributed by atoms with Gasteiger partial charge < -0.3 is 15.0 Å². The molecule has 226 valence electrons. The lowest BCUT2D eigenvalue weighted by atomic mass is 9.90. The minimum absolute atomic E-state index is 0.0457. The van der Waals surface area contributed by atoms with Crippen LogP contribution in [-0.4, -0.2) is 57.5 Å². The molecule has 2 amide bonds. The van der Waals surface area contributed by atoms with Crippen molar-refractivity contribution in [1.82, 2.24) is 9.88 Å². The number of rotatable bonds is 7. The van der Waals surface area contributed by atoms with E-state index in [4.69, 9.17) is 22.0 Å². The quantitative estimate of drug-likeness (QED) is 0.210. The fraction of sp³-hybridized carbons (Fsp3) is 0.323. The number of nitrogens with zero attached hydrogens (tertiary/aromatic N) is 5. The van der Waals surface area contributed by atoms with Crippen LogP contribution in [-0.2, 0) is 11.0 Å². The molecule has 0 bridgehead atoms. The van der Waals surface area contributed by atoms with Crippen LogP contribution >= 0.6 is 0 Å². The number of benzene rings is 1. The van der Waals surface area contributed by atoms with Crippen molar-refractivity contribution in [3.63, 3.8) is 0 Å². The predicted molar refractivity (Wildman–Crippen MR) is 156 cm³/mol. The van der Waals surface area contributed by atoms with Gasteiger partial charge in [-0.05, 0) is 49.6 Å². The monoisotopic (exact) mass is 604 g/mol. The SMILES string of the molecule is C#CCCOc1cc(C(=O)Nc2cc(C(F)(F)F)ccn2)ccc1C1=NC([C@@H]2CC[C@H]3CCC(=O)N3C2)=C2C=NC=C[N+]12N. The van der Waals surface area contributed by atoms with E-state index in [0.29, 0.717) is 30.1 Å². The topological polar surface area (TPSA) is 122 Å². The van der Waals surface area contributed by atoms with Crippen molar-refractivity contribution in [3.05, 3.63) is 77.0 Å². The summed E-state index contributed by atoms with van der Waals surface area (Å²) in [7, 11) is 0. The molecule has 0 radical (unpaired) electrons. The van der Waals surface area contributed by atoms with E-state index in [2.05, 4.69) is 21.2 Å². The van der Waals surface area contributed by atoms with Gasteiger partial charge in [-0.15, -0.1) is 16.9 Å². The number of allylic oxidation sites excluding steroid dienone is 1. The first-order valence-corrected chi connectivity index (χ1v) is 14.2. The third-order valence-corrected chi connectivity index (χ3v) is 8.24. The van der Waals surface area contributed by atoms with E-state index in [-0.39, 0.29) is 52.6 Å². The van der Waals surface area contributed by atoms with E-state index in [1.807, 2.05) is 4.90 Å². The number of aromatic nitrogens is 1. The summed E-state index contributed by atoms with van der Waals surface area (Å²) in [4.78, 5) is 40.7. The largest absolute Gasteiger partial charge is 0.492 e. The van der Waals surface area contributed by atoms with E-state index in [1.165, 1.54) is 12.1 Å². The summed E-state index contributed by atoms with van der Waals surface area (Å²) in [5.41, 5.74) is 1.08. The van der Waals surface area contributed by atoms with E-state index in [0.717, 1.165) is 43.3 Å². The number of piperidine rings is 1. The molecule has 13 heteroatoms. The van der Waals surface area contributed by atoms with Crippen molar-refractivity contribution in [1.29, 1.82) is 0 Å². The molecule has 4 aliphatic heterocycles. The second-order valence-corrected chi connectivity index (χ2v) is 11.0. The smallest absolute Gasteiger partial charge is 0.416 e. The Morgan fingerprint density at radius 3 is 2.86 bits per heavy atom. The number of ether oxygens (including phenoxy) is 1. The standard InChI is InChI=1S/C31H28F3N7O3/c1-2-3-14-44-25-15-19(30(43)38-26-16-21(10-11-37-26)31(32,33)34)5-8-23(25)29-39-28(24-17-36-12-13-41(24,29)35)20-4-6-22-7-9-27(42)40(22)18-20/h1,5,8,10-13,15-17,20,22H,3-4,6-7,9,14,18,35H2/p+1/t20-,22+,41?/m1/s1. The van der Waals surface area contributed by atoms with E-state index in [9.17, 15) is 22.8 Å². The second kappa shape index (κ2) is 11.4. The number of terminal acetylenes is 1. The fourth-order valence-electron chi connectivity index (χ4n) is 6.03. The van der Waals surface area contributed by atoms with Crippen molar-refractivity contribution in [2.75, 3.05) is 18.5 Å². The van der Waals surface area contributed by atoms with Crippen LogP contribution in [0.4, 0.5) is 19.0 Å². The highest BCUT2D eigenvalue weighted by Crippen LogP contribution is 2.41. The molecule has 2 fully saturated rings. The minimum atomic E-state index is -4.59. The minimum Gasteiger partial charge on any atom is -0.492 e. The number of carbonyl (C=O) groups is 2. The van der Waals surface area contributed by atoms with Crippen LogP contribution in [0.15, 0.2) is 70.3 Å². The third kappa shape index (κ3) is 5.38. The van der Waals surface area contributed by atoms with Crippen molar-refractivity contribution in [2.24, 2.45) is 21.7 Å². The molecule has 1 unspecified atom stereocenters. The highest BCUT2D eigenvalue weighted by molar-refractivity contribution is 6.07. The number of halogens is 3. The Kier molecular flexibility index (Phi) is 7.56. The molecule has 4 aliphatic rings. The van der Waals surface area contributed by atoms with Crippen LogP contribution in [0.3, 0.4) is 0 Å². The Bertz CT molecular complexity index is 1690. The van der Waals surface area contributed by atoms with Gasteiger partial charge in [0.25, 0.3) is 11.7 Å². The van der Waals surface area contributed by atoms with E-state index >= 15 is 0 Å². The Morgan fingerprint density at radius 1 is 1.23 bits per heavy atom. The lowest BCUT2D eigenvalue weighted by Gasteiger charge is -2.35.